The van der Waals surface area contributed by atoms with E-state index in [0.717, 1.165) is 44.0 Å². The van der Waals surface area contributed by atoms with Crippen LogP contribution in [0.1, 0.15) is 12.0 Å². The number of aromatic nitrogens is 1. The number of pyridine rings is 1. The first-order chi connectivity index (χ1) is 15.6. The van der Waals surface area contributed by atoms with Gasteiger partial charge in [-0.25, -0.2) is 4.98 Å². The molecular weight excluding hydrogens is 404 g/mol. The molecule has 0 saturated carbocycles. The Kier molecular flexibility index (Phi) is 9.43. The molecule has 170 valence electrons. The van der Waals surface area contributed by atoms with Crippen molar-refractivity contribution >= 4 is 23.5 Å². The van der Waals surface area contributed by atoms with Crippen molar-refractivity contribution in [1.29, 1.82) is 0 Å². The fraction of sp³-hybridized carbons (Fsp3) is 0.360. The number of aliphatic hydroxyl groups excluding tert-OH is 1. The first kappa shape index (κ1) is 23.7. The summed E-state index contributed by atoms with van der Waals surface area (Å²) in [6, 6.07) is 13.5. The van der Waals surface area contributed by atoms with E-state index in [4.69, 9.17) is 4.74 Å². The molecule has 1 aliphatic heterocycles. The van der Waals surface area contributed by atoms with Crippen LogP contribution >= 0.6 is 0 Å². The van der Waals surface area contributed by atoms with Gasteiger partial charge in [-0.1, -0.05) is 36.4 Å². The highest BCUT2D eigenvalue weighted by Gasteiger charge is 2.18. The van der Waals surface area contributed by atoms with Crippen molar-refractivity contribution in [3.63, 3.8) is 0 Å². The van der Waals surface area contributed by atoms with Crippen LogP contribution in [0.25, 0.3) is 6.08 Å². The van der Waals surface area contributed by atoms with Gasteiger partial charge in [0.05, 0.1) is 31.2 Å². The summed E-state index contributed by atoms with van der Waals surface area (Å²) in [5.74, 6) is 0.698. The molecule has 1 aromatic carbocycles. The molecule has 7 nitrogen and oxygen atoms in total. The Bertz CT molecular complexity index is 871. The molecule has 1 unspecified atom stereocenters. The Hall–Kier alpha value is -3.00. The number of aliphatic hydroxyl groups is 1. The third kappa shape index (κ3) is 7.92. The summed E-state index contributed by atoms with van der Waals surface area (Å²) >= 11 is 0. The van der Waals surface area contributed by atoms with Crippen molar-refractivity contribution in [1.82, 2.24) is 9.88 Å². The highest BCUT2D eigenvalue weighted by Crippen LogP contribution is 2.17. The summed E-state index contributed by atoms with van der Waals surface area (Å²) in [4.78, 5) is 21.2. The molecule has 1 atom stereocenters. The largest absolute Gasteiger partial charge is 0.389 e. The lowest BCUT2D eigenvalue weighted by Crippen LogP contribution is -2.37. The fourth-order valence-corrected chi connectivity index (χ4v) is 3.59. The van der Waals surface area contributed by atoms with E-state index in [1.54, 1.807) is 18.3 Å². The molecule has 0 radical (unpaired) electrons. The predicted molar refractivity (Wildman–Crippen MR) is 129 cm³/mol. The zero-order valence-corrected chi connectivity index (χ0v) is 18.4. The Balaban J connectivity index is 1.46. The topological polar surface area (TPSA) is 77.9 Å². The number of rotatable bonds is 10. The smallest absolute Gasteiger partial charge is 0.248 e. The number of hydrogen-bond donors (Lipinski definition) is 2. The normalized spacial score (nSPS) is 16.0. The molecular formula is C25H32N4O3. The number of amides is 1. The average molecular weight is 437 g/mol. The number of hydrogen-bond acceptors (Lipinski definition) is 6. The number of β-amino-alcohol motifs (C(OH)–C–C–N with tert-alkyl or cyclic N) is 1. The number of carbonyl (C=O) groups excluding carboxylic acids is 1. The number of carbonyl (C=O) groups is 1. The van der Waals surface area contributed by atoms with Gasteiger partial charge in [0.1, 0.15) is 5.82 Å². The first-order valence-corrected chi connectivity index (χ1v) is 11.0. The average Bonchev–Trinajstić information content (AvgIpc) is 3.05. The molecule has 2 heterocycles. The van der Waals surface area contributed by atoms with Gasteiger partial charge in [0, 0.05) is 32.3 Å². The number of nitrogens with one attached hydrogen (secondary N) is 1. The van der Waals surface area contributed by atoms with Crippen LogP contribution < -0.4 is 10.2 Å². The number of anilines is 2. The lowest BCUT2D eigenvalue weighted by molar-refractivity contribution is -0.111. The second kappa shape index (κ2) is 12.8. The number of ether oxygens (including phenoxy) is 1. The number of benzene rings is 1. The molecule has 0 aliphatic carbocycles. The van der Waals surface area contributed by atoms with Crippen LogP contribution in [-0.2, 0) is 9.53 Å². The Morgan fingerprint density at radius 3 is 2.78 bits per heavy atom. The van der Waals surface area contributed by atoms with Gasteiger partial charge in [0.25, 0.3) is 0 Å². The first-order valence-electron chi connectivity index (χ1n) is 11.0. The van der Waals surface area contributed by atoms with Gasteiger partial charge in [0.15, 0.2) is 0 Å². The molecule has 1 aliphatic rings. The van der Waals surface area contributed by atoms with E-state index in [1.165, 1.54) is 6.08 Å². The molecule has 1 fully saturated rings. The van der Waals surface area contributed by atoms with Crippen LogP contribution in [0, 0.1) is 0 Å². The van der Waals surface area contributed by atoms with Crippen LogP contribution in [0.5, 0.6) is 0 Å². The van der Waals surface area contributed by atoms with Gasteiger partial charge in [0.2, 0.25) is 5.91 Å². The molecule has 1 saturated heterocycles. The Labute approximate surface area is 190 Å². The molecule has 0 bridgehead atoms. The Morgan fingerprint density at radius 2 is 2.03 bits per heavy atom. The maximum atomic E-state index is 12.1. The van der Waals surface area contributed by atoms with Gasteiger partial charge in [-0.15, -0.1) is 6.58 Å². The predicted octanol–water partition coefficient (Wildman–Crippen LogP) is 2.81. The maximum Gasteiger partial charge on any atom is 0.248 e. The minimum Gasteiger partial charge on any atom is -0.389 e. The second-order valence-electron chi connectivity index (χ2n) is 7.76. The highest BCUT2D eigenvalue weighted by molar-refractivity contribution is 6.01. The molecule has 3 rings (SSSR count). The quantitative estimate of drug-likeness (QED) is 0.339. The molecule has 7 heteroatoms. The van der Waals surface area contributed by atoms with E-state index in [0.29, 0.717) is 25.4 Å². The van der Waals surface area contributed by atoms with Crippen molar-refractivity contribution in [3.8, 4) is 0 Å². The molecule has 2 N–H and O–H groups in total. The summed E-state index contributed by atoms with van der Waals surface area (Å²) in [6.07, 6.45) is 7.16. The van der Waals surface area contributed by atoms with E-state index < -0.39 is 6.10 Å². The van der Waals surface area contributed by atoms with Crippen LogP contribution in [0.4, 0.5) is 11.5 Å². The molecule has 1 amide bonds. The van der Waals surface area contributed by atoms with E-state index in [1.807, 2.05) is 42.5 Å². The lowest BCUT2D eigenvalue weighted by atomic mass is 10.2. The van der Waals surface area contributed by atoms with Gasteiger partial charge >= 0.3 is 0 Å². The zero-order valence-electron chi connectivity index (χ0n) is 18.4. The van der Waals surface area contributed by atoms with Crippen molar-refractivity contribution < 1.29 is 14.6 Å². The molecule has 0 spiro atoms. The zero-order chi connectivity index (χ0) is 22.6. The van der Waals surface area contributed by atoms with Gasteiger partial charge in [-0.3, -0.25) is 9.69 Å². The molecule has 2 aromatic rings. The van der Waals surface area contributed by atoms with E-state index in [9.17, 15) is 9.90 Å². The van der Waals surface area contributed by atoms with Crippen LogP contribution in [0.2, 0.25) is 0 Å². The minimum absolute atomic E-state index is 0.190. The van der Waals surface area contributed by atoms with Gasteiger partial charge in [-0.2, -0.15) is 0 Å². The number of nitrogens with zero attached hydrogens (tertiary/aromatic N) is 3. The minimum atomic E-state index is -0.501. The van der Waals surface area contributed by atoms with Crippen molar-refractivity contribution in [2.45, 2.75) is 12.5 Å². The highest BCUT2D eigenvalue weighted by atomic mass is 16.5. The van der Waals surface area contributed by atoms with Crippen LogP contribution in [0.15, 0.2) is 67.4 Å². The van der Waals surface area contributed by atoms with E-state index in [-0.39, 0.29) is 5.91 Å². The van der Waals surface area contributed by atoms with Crippen LogP contribution in [-0.4, -0.2) is 72.9 Å². The SMILES string of the molecule is C=CCOCC(O)CN1CCCN(c2ccc(NC(=O)/C=C/c3ccccc3)cn2)CC1. The van der Waals surface area contributed by atoms with Crippen molar-refractivity contribution in [2.75, 3.05) is 56.2 Å². The fourth-order valence-electron chi connectivity index (χ4n) is 3.59. The third-order valence-corrected chi connectivity index (χ3v) is 5.17. The molecule has 1 aromatic heterocycles. The van der Waals surface area contributed by atoms with Crippen molar-refractivity contribution in [2.24, 2.45) is 0 Å². The van der Waals surface area contributed by atoms with Crippen molar-refractivity contribution in [3.05, 3.63) is 73.0 Å². The monoisotopic (exact) mass is 436 g/mol. The van der Waals surface area contributed by atoms with Gasteiger partial charge in [-0.05, 0) is 36.7 Å². The molecule has 32 heavy (non-hydrogen) atoms. The van der Waals surface area contributed by atoms with E-state index in [2.05, 4.69) is 26.7 Å². The summed E-state index contributed by atoms with van der Waals surface area (Å²) in [5, 5.41) is 13.0. The summed E-state index contributed by atoms with van der Waals surface area (Å²) in [7, 11) is 0. The van der Waals surface area contributed by atoms with Crippen LogP contribution in [0.3, 0.4) is 0 Å². The third-order valence-electron chi connectivity index (χ3n) is 5.17. The lowest BCUT2D eigenvalue weighted by Gasteiger charge is -2.24. The summed E-state index contributed by atoms with van der Waals surface area (Å²) in [5.41, 5.74) is 1.64. The van der Waals surface area contributed by atoms with Gasteiger partial charge < -0.3 is 20.1 Å². The second-order valence-corrected chi connectivity index (χ2v) is 7.76. The maximum absolute atomic E-state index is 12.1. The van der Waals surface area contributed by atoms with E-state index >= 15 is 0 Å². The standard InChI is InChI=1S/C25H32N4O3/c1-2-17-32-20-23(30)19-28-13-6-14-29(16-15-28)24-11-10-22(18-26-24)27-25(31)12-9-21-7-4-3-5-8-21/h2-5,7-12,18,23,30H,1,6,13-17,19-20H2,(H,27,31)/b12-9+. The Morgan fingerprint density at radius 1 is 1.19 bits per heavy atom. The summed E-state index contributed by atoms with van der Waals surface area (Å²) in [6.45, 7) is 8.49. The summed E-state index contributed by atoms with van der Waals surface area (Å²) < 4.78 is 5.33.